The van der Waals surface area contributed by atoms with Crippen molar-refractivity contribution >= 4 is 5.91 Å². The van der Waals surface area contributed by atoms with Gasteiger partial charge in [0.05, 0.1) is 0 Å². The molecular weight excluding hydrogens is 236 g/mol. The minimum absolute atomic E-state index is 0.326. The van der Waals surface area contributed by atoms with Crippen molar-refractivity contribution in [2.75, 3.05) is 19.6 Å². The highest BCUT2D eigenvalue weighted by Gasteiger charge is 2.13. The second kappa shape index (κ2) is 12.5. The molecule has 0 heterocycles. The number of amides is 1. The number of carbonyl (C=O) groups excluding carboxylic acids is 1. The molecule has 114 valence electrons. The van der Waals surface area contributed by atoms with Crippen LogP contribution >= 0.6 is 0 Å². The molecule has 0 aliphatic rings. The zero-order chi connectivity index (χ0) is 14.5. The quantitative estimate of drug-likeness (QED) is 0.551. The van der Waals surface area contributed by atoms with E-state index in [1.165, 1.54) is 25.7 Å². The lowest BCUT2D eigenvalue weighted by molar-refractivity contribution is -0.131. The third-order valence-corrected chi connectivity index (χ3v) is 3.67. The molecule has 2 N–H and O–H groups in total. The zero-order valence-corrected chi connectivity index (χ0v) is 13.3. The Balaban J connectivity index is 4.08. The fourth-order valence-corrected chi connectivity index (χ4v) is 2.11. The molecule has 0 fully saturated rings. The number of carbonyl (C=O) groups is 1. The number of nitrogens with zero attached hydrogens (tertiary/aromatic N) is 1. The highest BCUT2D eigenvalue weighted by atomic mass is 16.2. The Kier molecular flexibility index (Phi) is 12.1. The van der Waals surface area contributed by atoms with Crippen molar-refractivity contribution < 1.29 is 4.79 Å². The summed E-state index contributed by atoms with van der Waals surface area (Å²) in [7, 11) is 0. The first-order chi connectivity index (χ1) is 9.15. The molecule has 0 aliphatic carbocycles. The minimum Gasteiger partial charge on any atom is -0.343 e. The van der Waals surface area contributed by atoms with Gasteiger partial charge in [0.15, 0.2) is 0 Å². The second-order valence-electron chi connectivity index (χ2n) is 5.67. The zero-order valence-electron chi connectivity index (χ0n) is 13.3. The van der Waals surface area contributed by atoms with Crippen LogP contribution in [0, 0.1) is 5.92 Å². The first-order valence-electron chi connectivity index (χ1n) is 8.13. The lowest BCUT2D eigenvalue weighted by Crippen LogP contribution is -2.33. The van der Waals surface area contributed by atoms with E-state index in [1.807, 2.05) is 0 Å². The molecule has 3 heteroatoms. The predicted octanol–water partition coefficient (Wildman–Crippen LogP) is 3.57. The van der Waals surface area contributed by atoms with Crippen LogP contribution in [0.3, 0.4) is 0 Å². The van der Waals surface area contributed by atoms with Gasteiger partial charge >= 0.3 is 0 Å². The number of hydrogen-bond donors (Lipinski definition) is 1. The Morgan fingerprint density at radius 3 is 2.00 bits per heavy atom. The molecule has 0 bridgehead atoms. The van der Waals surface area contributed by atoms with Crippen LogP contribution in [0.5, 0.6) is 0 Å². The van der Waals surface area contributed by atoms with Gasteiger partial charge in [-0.2, -0.15) is 0 Å². The van der Waals surface area contributed by atoms with Gasteiger partial charge in [-0.1, -0.05) is 46.5 Å². The van der Waals surface area contributed by atoms with E-state index < -0.39 is 0 Å². The van der Waals surface area contributed by atoms with Crippen LogP contribution in [-0.4, -0.2) is 30.4 Å². The Bertz CT molecular complexity index is 209. The van der Waals surface area contributed by atoms with Gasteiger partial charge in [0.25, 0.3) is 0 Å². The van der Waals surface area contributed by atoms with E-state index in [1.54, 1.807) is 0 Å². The minimum atomic E-state index is 0.326. The average Bonchev–Trinajstić information content (AvgIpc) is 2.43. The first-order valence-corrected chi connectivity index (χ1v) is 8.13. The van der Waals surface area contributed by atoms with E-state index in [-0.39, 0.29) is 0 Å². The van der Waals surface area contributed by atoms with Crippen LogP contribution in [0.25, 0.3) is 0 Å². The maximum Gasteiger partial charge on any atom is 0.222 e. The van der Waals surface area contributed by atoms with E-state index in [0.717, 1.165) is 32.4 Å². The van der Waals surface area contributed by atoms with Crippen molar-refractivity contribution in [1.29, 1.82) is 0 Å². The van der Waals surface area contributed by atoms with Gasteiger partial charge in [-0.25, -0.2) is 0 Å². The maximum absolute atomic E-state index is 12.2. The fourth-order valence-electron chi connectivity index (χ4n) is 2.11. The molecule has 3 nitrogen and oxygen atoms in total. The van der Waals surface area contributed by atoms with Crippen molar-refractivity contribution in [1.82, 2.24) is 4.90 Å². The Hall–Kier alpha value is -0.570. The maximum atomic E-state index is 12.2. The van der Waals surface area contributed by atoms with Gasteiger partial charge in [0.2, 0.25) is 5.91 Å². The van der Waals surface area contributed by atoms with Crippen molar-refractivity contribution in [3.05, 3.63) is 0 Å². The van der Waals surface area contributed by atoms with Crippen LogP contribution in [0.15, 0.2) is 0 Å². The standard InChI is InChI=1S/C16H34N2O/c1-4-6-8-12-18(13-9-7-5-2)16(19)11-10-15(3)14-17/h15H,4-14,17H2,1-3H3. The van der Waals surface area contributed by atoms with Gasteiger partial charge in [-0.05, 0) is 31.7 Å². The SMILES string of the molecule is CCCCCN(CCCCC)C(=O)CCC(C)CN. The van der Waals surface area contributed by atoms with Crippen molar-refractivity contribution in [2.24, 2.45) is 11.7 Å². The smallest absolute Gasteiger partial charge is 0.222 e. The van der Waals surface area contributed by atoms with E-state index >= 15 is 0 Å². The van der Waals surface area contributed by atoms with E-state index in [0.29, 0.717) is 24.8 Å². The molecule has 0 aromatic carbocycles. The number of rotatable bonds is 12. The summed E-state index contributed by atoms with van der Waals surface area (Å²) in [5, 5.41) is 0. The summed E-state index contributed by atoms with van der Waals surface area (Å²) in [5.74, 6) is 0.782. The van der Waals surface area contributed by atoms with E-state index in [2.05, 4.69) is 25.7 Å². The summed E-state index contributed by atoms with van der Waals surface area (Å²) in [6.45, 7) is 9.07. The number of nitrogens with two attached hydrogens (primary N) is 1. The third kappa shape index (κ3) is 9.94. The summed E-state index contributed by atoms with van der Waals surface area (Å²) in [5.41, 5.74) is 5.61. The van der Waals surface area contributed by atoms with Crippen molar-refractivity contribution in [3.8, 4) is 0 Å². The van der Waals surface area contributed by atoms with Gasteiger partial charge in [-0.15, -0.1) is 0 Å². The normalized spacial score (nSPS) is 12.4. The summed E-state index contributed by atoms with van der Waals surface area (Å²) >= 11 is 0. The second-order valence-corrected chi connectivity index (χ2v) is 5.67. The van der Waals surface area contributed by atoms with Crippen LogP contribution < -0.4 is 5.73 Å². The summed E-state index contributed by atoms with van der Waals surface area (Å²) in [6, 6.07) is 0. The molecule has 1 amide bonds. The highest BCUT2D eigenvalue weighted by Crippen LogP contribution is 2.09. The Morgan fingerprint density at radius 2 is 1.58 bits per heavy atom. The first kappa shape index (κ1) is 18.4. The van der Waals surface area contributed by atoms with Gasteiger partial charge in [0.1, 0.15) is 0 Å². The molecule has 0 aromatic rings. The molecule has 0 aliphatic heterocycles. The van der Waals surface area contributed by atoms with E-state index in [9.17, 15) is 4.79 Å². The third-order valence-electron chi connectivity index (χ3n) is 3.67. The summed E-state index contributed by atoms with van der Waals surface area (Å²) in [4.78, 5) is 14.3. The lowest BCUT2D eigenvalue weighted by Gasteiger charge is -2.23. The average molecular weight is 270 g/mol. The molecule has 0 radical (unpaired) electrons. The highest BCUT2D eigenvalue weighted by molar-refractivity contribution is 5.76. The largest absolute Gasteiger partial charge is 0.343 e. The molecular formula is C16H34N2O. The summed E-state index contributed by atoms with van der Waals surface area (Å²) < 4.78 is 0. The van der Waals surface area contributed by atoms with Crippen LogP contribution in [0.2, 0.25) is 0 Å². The van der Waals surface area contributed by atoms with Crippen LogP contribution in [0.1, 0.15) is 72.1 Å². The molecule has 0 saturated carbocycles. The Labute approximate surface area is 119 Å². The summed E-state index contributed by atoms with van der Waals surface area (Å²) in [6.07, 6.45) is 8.72. The van der Waals surface area contributed by atoms with Crippen molar-refractivity contribution in [2.45, 2.75) is 72.1 Å². The molecule has 0 rings (SSSR count). The van der Waals surface area contributed by atoms with Crippen LogP contribution in [0.4, 0.5) is 0 Å². The number of unbranched alkanes of at least 4 members (excludes halogenated alkanes) is 4. The Morgan fingerprint density at radius 1 is 1.05 bits per heavy atom. The molecule has 1 unspecified atom stereocenters. The molecule has 0 saturated heterocycles. The predicted molar refractivity (Wildman–Crippen MR) is 83.1 cm³/mol. The van der Waals surface area contributed by atoms with Gasteiger partial charge in [-0.3, -0.25) is 4.79 Å². The topological polar surface area (TPSA) is 46.3 Å². The van der Waals surface area contributed by atoms with Crippen LogP contribution in [-0.2, 0) is 4.79 Å². The lowest BCUT2D eigenvalue weighted by atomic mass is 10.1. The molecule has 0 aromatic heterocycles. The van der Waals surface area contributed by atoms with E-state index in [4.69, 9.17) is 5.73 Å². The fraction of sp³-hybridized carbons (Fsp3) is 0.938. The molecule has 0 spiro atoms. The van der Waals surface area contributed by atoms with Crippen molar-refractivity contribution in [3.63, 3.8) is 0 Å². The van der Waals surface area contributed by atoms with Gasteiger partial charge < -0.3 is 10.6 Å². The molecule has 19 heavy (non-hydrogen) atoms. The van der Waals surface area contributed by atoms with Gasteiger partial charge in [0, 0.05) is 19.5 Å². The molecule has 1 atom stereocenters. The monoisotopic (exact) mass is 270 g/mol. The number of hydrogen-bond acceptors (Lipinski definition) is 2.